The summed E-state index contributed by atoms with van der Waals surface area (Å²) in [5, 5.41) is 13.7. The second-order valence-corrected chi connectivity index (χ2v) is 11.6. The number of esters is 1. The second-order valence-electron chi connectivity index (χ2n) is 8.78. The van der Waals surface area contributed by atoms with Crippen molar-refractivity contribution in [3.05, 3.63) is 109 Å². The summed E-state index contributed by atoms with van der Waals surface area (Å²) in [5.74, 6) is -0.117. The first-order valence-corrected chi connectivity index (χ1v) is 14.6. The molecule has 0 saturated heterocycles. The molecule has 204 valence electrons. The molecule has 0 aliphatic carbocycles. The zero-order valence-corrected chi connectivity index (χ0v) is 25.4. The number of thioether (sulfide) groups is 1. The van der Waals surface area contributed by atoms with Gasteiger partial charge in [-0.25, -0.2) is 9.79 Å². The van der Waals surface area contributed by atoms with Crippen molar-refractivity contribution in [2.75, 3.05) is 13.7 Å². The van der Waals surface area contributed by atoms with E-state index in [4.69, 9.17) is 32.7 Å². The summed E-state index contributed by atoms with van der Waals surface area (Å²) in [7, 11) is 1.59. The predicted octanol–water partition coefficient (Wildman–Crippen LogP) is 8.96. The average molecular weight is 658 g/mol. The van der Waals surface area contributed by atoms with Crippen LogP contribution < -0.4 is 4.74 Å². The van der Waals surface area contributed by atoms with Gasteiger partial charge in [-0.3, -0.25) is 0 Å². The van der Waals surface area contributed by atoms with Gasteiger partial charge in [0.1, 0.15) is 22.1 Å². The van der Waals surface area contributed by atoms with E-state index in [-0.39, 0.29) is 17.9 Å². The van der Waals surface area contributed by atoms with Gasteiger partial charge in [-0.2, -0.15) is 0 Å². The predicted molar refractivity (Wildman–Crippen MR) is 167 cm³/mol. The number of aliphatic imine (C=N–C) groups is 1. The Kier molecular flexibility index (Phi) is 8.61. The van der Waals surface area contributed by atoms with E-state index >= 15 is 0 Å². The van der Waals surface area contributed by atoms with Crippen molar-refractivity contribution in [1.29, 1.82) is 0 Å². The Bertz CT molecular complexity index is 1710. The monoisotopic (exact) mass is 656 g/mol. The molecule has 0 atom stereocenters. The molecular formula is C30H23BrCl2N2O4S. The summed E-state index contributed by atoms with van der Waals surface area (Å²) in [4.78, 5) is 18.0. The molecule has 1 aliphatic heterocycles. The van der Waals surface area contributed by atoms with Crippen molar-refractivity contribution < 1.29 is 19.4 Å². The molecule has 1 N–H and O–H groups in total. The SMILES string of the molecule is CCOC(=O)C1=C(O)/C(=C/c2cn(Cc3ccc(Cl)cc3Cl)c3ccc(Br)cc23)SC1=Nc1ccc(OC)cc1. The Hall–Kier alpha value is -3.17. The molecule has 0 spiro atoms. The van der Waals surface area contributed by atoms with Crippen molar-refractivity contribution in [2.24, 2.45) is 4.99 Å². The van der Waals surface area contributed by atoms with Crippen LogP contribution in [0.2, 0.25) is 10.0 Å². The number of aliphatic hydroxyl groups is 1. The quantitative estimate of drug-likeness (QED) is 0.201. The normalized spacial score (nSPS) is 15.4. The second kappa shape index (κ2) is 12.1. The van der Waals surface area contributed by atoms with Crippen LogP contribution >= 0.6 is 50.9 Å². The Morgan fingerprint density at radius 2 is 1.90 bits per heavy atom. The smallest absolute Gasteiger partial charge is 0.344 e. The lowest BCUT2D eigenvalue weighted by atomic mass is 10.1. The minimum Gasteiger partial charge on any atom is -0.506 e. The summed E-state index contributed by atoms with van der Waals surface area (Å²) < 4.78 is 13.5. The van der Waals surface area contributed by atoms with E-state index < -0.39 is 5.97 Å². The zero-order valence-electron chi connectivity index (χ0n) is 21.5. The minimum absolute atomic E-state index is 0.0341. The van der Waals surface area contributed by atoms with Crippen LogP contribution in [-0.2, 0) is 16.1 Å². The number of halogens is 3. The standard InChI is InChI=1S/C30H23BrCl2N2O4S/c1-3-39-30(37)27-28(36)26(40-29(27)34-21-7-9-22(38-2)10-8-21)12-18-16-35(25-11-5-19(31)13-23(18)25)15-17-4-6-20(32)14-24(17)33/h4-14,16,36H,3,15H2,1-2H3/b26-12-,34-29?. The minimum atomic E-state index is -0.634. The highest BCUT2D eigenvalue weighted by atomic mass is 79.9. The Morgan fingerprint density at radius 3 is 2.60 bits per heavy atom. The molecule has 10 heteroatoms. The van der Waals surface area contributed by atoms with Crippen LogP contribution in [0.5, 0.6) is 5.75 Å². The fourth-order valence-corrected chi connectivity index (χ4v) is 6.14. The van der Waals surface area contributed by atoms with Crippen molar-refractivity contribution in [1.82, 2.24) is 4.57 Å². The largest absolute Gasteiger partial charge is 0.506 e. The number of rotatable bonds is 7. The van der Waals surface area contributed by atoms with Crippen LogP contribution in [-0.4, -0.2) is 34.4 Å². The number of nitrogens with zero attached hydrogens (tertiary/aromatic N) is 2. The maximum atomic E-state index is 12.9. The first-order chi connectivity index (χ1) is 19.3. The van der Waals surface area contributed by atoms with Crippen molar-refractivity contribution >= 4 is 84.6 Å². The summed E-state index contributed by atoms with van der Waals surface area (Å²) in [6.45, 7) is 2.41. The van der Waals surface area contributed by atoms with Crippen LogP contribution in [0, 0.1) is 0 Å². The first kappa shape index (κ1) is 28.4. The maximum absolute atomic E-state index is 12.9. The van der Waals surface area contributed by atoms with Gasteiger partial charge in [-0.1, -0.05) is 57.0 Å². The van der Waals surface area contributed by atoms with E-state index in [0.29, 0.717) is 38.0 Å². The highest BCUT2D eigenvalue weighted by Crippen LogP contribution is 2.41. The summed E-state index contributed by atoms with van der Waals surface area (Å²) >= 11 is 17.3. The number of ether oxygens (including phenoxy) is 2. The summed E-state index contributed by atoms with van der Waals surface area (Å²) in [5.41, 5.74) is 3.39. The molecule has 5 rings (SSSR count). The van der Waals surface area contributed by atoms with Gasteiger partial charge < -0.3 is 19.1 Å². The third-order valence-electron chi connectivity index (χ3n) is 6.19. The lowest BCUT2D eigenvalue weighted by molar-refractivity contribution is -0.138. The van der Waals surface area contributed by atoms with Gasteiger partial charge in [-0.05, 0) is 73.2 Å². The van der Waals surface area contributed by atoms with Crippen LogP contribution in [0.3, 0.4) is 0 Å². The number of hydrogen-bond donors (Lipinski definition) is 1. The molecule has 2 heterocycles. The van der Waals surface area contributed by atoms with Gasteiger partial charge in [0.15, 0.2) is 0 Å². The molecule has 0 amide bonds. The van der Waals surface area contributed by atoms with Crippen molar-refractivity contribution in [3.8, 4) is 5.75 Å². The summed E-state index contributed by atoms with van der Waals surface area (Å²) in [6.07, 6.45) is 3.84. The van der Waals surface area contributed by atoms with Crippen LogP contribution in [0.25, 0.3) is 17.0 Å². The molecule has 0 bridgehead atoms. The molecule has 0 fully saturated rings. The third kappa shape index (κ3) is 5.95. The van der Waals surface area contributed by atoms with Crippen LogP contribution in [0.15, 0.2) is 92.6 Å². The Morgan fingerprint density at radius 1 is 1.12 bits per heavy atom. The molecular weight excluding hydrogens is 635 g/mol. The lowest BCUT2D eigenvalue weighted by Gasteiger charge is -2.08. The van der Waals surface area contributed by atoms with Crippen LogP contribution in [0.4, 0.5) is 5.69 Å². The number of fused-ring (bicyclic) bond motifs is 1. The molecule has 3 aromatic carbocycles. The number of methoxy groups -OCH3 is 1. The average Bonchev–Trinajstić information content (AvgIpc) is 3.42. The maximum Gasteiger partial charge on any atom is 0.344 e. The van der Waals surface area contributed by atoms with E-state index in [1.54, 1.807) is 44.4 Å². The number of aromatic nitrogens is 1. The summed E-state index contributed by atoms with van der Waals surface area (Å²) in [6, 6.07) is 18.6. The van der Waals surface area contributed by atoms with Crippen LogP contribution in [0.1, 0.15) is 18.1 Å². The number of aliphatic hydroxyl groups excluding tert-OH is 1. The van der Waals surface area contributed by atoms with Crippen molar-refractivity contribution in [2.45, 2.75) is 13.5 Å². The number of benzene rings is 3. The van der Waals surface area contributed by atoms with E-state index in [9.17, 15) is 9.90 Å². The van der Waals surface area contributed by atoms with Gasteiger partial charge >= 0.3 is 5.97 Å². The van der Waals surface area contributed by atoms with Gasteiger partial charge in [0.25, 0.3) is 0 Å². The Balaban J connectivity index is 1.58. The highest BCUT2D eigenvalue weighted by Gasteiger charge is 2.33. The van der Waals surface area contributed by atoms with Gasteiger partial charge in [-0.15, -0.1) is 0 Å². The lowest BCUT2D eigenvalue weighted by Crippen LogP contribution is -2.12. The van der Waals surface area contributed by atoms with Gasteiger partial charge in [0, 0.05) is 43.7 Å². The zero-order chi connectivity index (χ0) is 28.4. The van der Waals surface area contributed by atoms with E-state index in [1.807, 2.05) is 42.6 Å². The molecule has 6 nitrogen and oxygen atoms in total. The molecule has 4 aromatic rings. The fraction of sp³-hybridized carbons (Fsp3) is 0.133. The number of hydrogen-bond acceptors (Lipinski definition) is 6. The van der Waals surface area contributed by atoms with Crippen molar-refractivity contribution in [3.63, 3.8) is 0 Å². The molecule has 1 aromatic heterocycles. The molecule has 1 aliphatic rings. The number of carbonyl (C=O) groups excluding carboxylic acids is 1. The van der Waals surface area contributed by atoms with Gasteiger partial charge in [0.05, 0.1) is 24.3 Å². The van der Waals surface area contributed by atoms with Gasteiger partial charge in [0.2, 0.25) is 0 Å². The molecule has 40 heavy (non-hydrogen) atoms. The third-order valence-corrected chi connectivity index (χ3v) is 8.29. The molecule has 0 unspecified atom stereocenters. The number of carbonyl (C=O) groups is 1. The topological polar surface area (TPSA) is 73.0 Å². The molecule has 0 radical (unpaired) electrons. The molecule has 0 saturated carbocycles. The fourth-order valence-electron chi connectivity index (χ4n) is 4.28. The highest BCUT2D eigenvalue weighted by molar-refractivity contribution is 9.10. The first-order valence-electron chi connectivity index (χ1n) is 12.2. The van der Waals surface area contributed by atoms with E-state index in [0.717, 1.165) is 26.5 Å². The van der Waals surface area contributed by atoms with E-state index in [2.05, 4.69) is 25.5 Å². The van der Waals surface area contributed by atoms with E-state index in [1.165, 1.54) is 11.8 Å². The Labute approximate surface area is 254 Å².